The predicted octanol–water partition coefficient (Wildman–Crippen LogP) is 4.29. The molecule has 0 aliphatic rings. The second-order valence-corrected chi connectivity index (χ2v) is 6.53. The van der Waals surface area contributed by atoms with Crippen LogP contribution in [0.15, 0.2) is 59.3 Å². The van der Waals surface area contributed by atoms with Crippen LogP contribution < -0.4 is 5.32 Å². The van der Waals surface area contributed by atoms with Crippen LogP contribution in [0.1, 0.15) is 36.8 Å². The van der Waals surface area contributed by atoms with Crippen molar-refractivity contribution >= 4 is 11.6 Å². The van der Waals surface area contributed by atoms with Crippen LogP contribution >= 0.6 is 0 Å². The molecule has 3 rings (SSSR count). The van der Waals surface area contributed by atoms with Crippen LogP contribution in [0, 0.1) is 0 Å². The molecule has 3 aromatic rings. The lowest BCUT2D eigenvalue weighted by Gasteiger charge is -2.19. The molecule has 0 aliphatic heterocycles. The van der Waals surface area contributed by atoms with Gasteiger partial charge in [0.15, 0.2) is 5.69 Å². The maximum absolute atomic E-state index is 12.3. The Labute approximate surface area is 140 Å². The number of benzene rings is 1. The molecule has 24 heavy (non-hydrogen) atoms. The number of anilines is 1. The van der Waals surface area contributed by atoms with E-state index in [1.165, 1.54) is 11.8 Å². The topological polar surface area (TPSA) is 68.0 Å². The smallest absolute Gasteiger partial charge is 0.277 e. The highest BCUT2D eigenvalue weighted by Crippen LogP contribution is 2.24. The van der Waals surface area contributed by atoms with E-state index < -0.39 is 0 Å². The highest BCUT2D eigenvalue weighted by atomic mass is 16.3. The van der Waals surface area contributed by atoms with Gasteiger partial charge >= 0.3 is 0 Å². The number of amides is 1. The van der Waals surface area contributed by atoms with Crippen LogP contribution in [0.4, 0.5) is 5.69 Å². The number of hydrogen-bond donors (Lipinski definition) is 1. The van der Waals surface area contributed by atoms with Gasteiger partial charge in [0.2, 0.25) is 5.89 Å². The molecule has 1 N–H and O–H groups in total. The van der Waals surface area contributed by atoms with Crippen LogP contribution in [0.25, 0.3) is 11.6 Å². The maximum atomic E-state index is 12.3. The van der Waals surface area contributed by atoms with Gasteiger partial charge in [0.25, 0.3) is 5.91 Å². The van der Waals surface area contributed by atoms with E-state index in [0.29, 0.717) is 11.6 Å². The number of nitrogens with zero attached hydrogens (tertiary/aromatic N) is 2. The predicted molar refractivity (Wildman–Crippen MR) is 92.8 cm³/mol. The standard InChI is InChI=1S/C19H19N3O2/c1-19(2,3)13-7-9-14(10-8-13)21-17(23)16-12-24-18(22-16)15-6-4-5-11-20-15/h4-12H,1-3H3,(H,21,23). The van der Waals surface area contributed by atoms with Gasteiger partial charge in [-0.2, -0.15) is 0 Å². The van der Waals surface area contributed by atoms with E-state index in [-0.39, 0.29) is 17.0 Å². The first-order valence-electron chi connectivity index (χ1n) is 7.72. The van der Waals surface area contributed by atoms with E-state index in [1.54, 1.807) is 18.3 Å². The molecule has 2 heterocycles. The van der Waals surface area contributed by atoms with Gasteiger partial charge in [-0.15, -0.1) is 0 Å². The molecule has 1 aromatic carbocycles. The summed E-state index contributed by atoms with van der Waals surface area (Å²) in [5, 5.41) is 2.82. The van der Waals surface area contributed by atoms with Gasteiger partial charge in [-0.25, -0.2) is 4.98 Å². The zero-order valence-electron chi connectivity index (χ0n) is 13.9. The minimum Gasteiger partial charge on any atom is -0.442 e. The lowest BCUT2D eigenvalue weighted by Crippen LogP contribution is -2.14. The molecule has 2 aromatic heterocycles. The first kappa shape index (κ1) is 15.9. The molecule has 0 fully saturated rings. The van der Waals surface area contributed by atoms with Crippen molar-refractivity contribution in [1.29, 1.82) is 0 Å². The Hall–Kier alpha value is -2.95. The van der Waals surface area contributed by atoms with Crippen molar-refractivity contribution in [2.75, 3.05) is 5.32 Å². The minimum atomic E-state index is -0.315. The van der Waals surface area contributed by atoms with Crippen LogP contribution in [-0.2, 0) is 5.41 Å². The Balaban J connectivity index is 1.73. The van der Waals surface area contributed by atoms with Gasteiger partial charge in [-0.1, -0.05) is 39.0 Å². The molecule has 5 nitrogen and oxygen atoms in total. The van der Waals surface area contributed by atoms with Crippen molar-refractivity contribution in [1.82, 2.24) is 9.97 Å². The Morgan fingerprint density at radius 2 is 1.83 bits per heavy atom. The molecular weight excluding hydrogens is 302 g/mol. The number of aromatic nitrogens is 2. The molecule has 0 atom stereocenters. The molecule has 122 valence electrons. The van der Waals surface area contributed by atoms with Crippen molar-refractivity contribution < 1.29 is 9.21 Å². The second-order valence-electron chi connectivity index (χ2n) is 6.53. The Morgan fingerprint density at radius 1 is 1.08 bits per heavy atom. The number of carbonyl (C=O) groups is 1. The Kier molecular flexibility index (Phi) is 4.16. The van der Waals surface area contributed by atoms with Gasteiger partial charge in [0.05, 0.1) is 0 Å². The number of hydrogen-bond acceptors (Lipinski definition) is 4. The highest BCUT2D eigenvalue weighted by Gasteiger charge is 2.16. The third-order valence-electron chi connectivity index (χ3n) is 3.63. The second kappa shape index (κ2) is 6.28. The average Bonchev–Trinajstić information content (AvgIpc) is 3.05. The first-order valence-corrected chi connectivity index (χ1v) is 7.72. The fourth-order valence-electron chi connectivity index (χ4n) is 2.23. The highest BCUT2D eigenvalue weighted by molar-refractivity contribution is 6.02. The quantitative estimate of drug-likeness (QED) is 0.781. The molecule has 1 amide bonds. The van der Waals surface area contributed by atoms with Gasteiger partial charge in [0, 0.05) is 11.9 Å². The first-order chi connectivity index (χ1) is 11.4. The van der Waals surface area contributed by atoms with Gasteiger partial charge < -0.3 is 9.73 Å². The van der Waals surface area contributed by atoms with Crippen molar-refractivity contribution in [3.63, 3.8) is 0 Å². The zero-order chi connectivity index (χ0) is 17.2. The van der Waals surface area contributed by atoms with Crippen LogP contribution in [0.5, 0.6) is 0 Å². The van der Waals surface area contributed by atoms with E-state index in [2.05, 4.69) is 36.1 Å². The number of nitrogens with one attached hydrogen (secondary N) is 1. The summed E-state index contributed by atoms with van der Waals surface area (Å²) in [6, 6.07) is 13.2. The number of rotatable bonds is 3. The van der Waals surface area contributed by atoms with Gasteiger partial charge in [-0.05, 0) is 35.2 Å². The third-order valence-corrected chi connectivity index (χ3v) is 3.63. The molecule has 0 aliphatic carbocycles. The average molecular weight is 321 g/mol. The summed E-state index contributed by atoms with van der Waals surface area (Å²) in [5.41, 5.74) is 2.81. The molecule has 0 saturated heterocycles. The molecule has 0 radical (unpaired) electrons. The summed E-state index contributed by atoms with van der Waals surface area (Å²) < 4.78 is 5.34. The third kappa shape index (κ3) is 3.51. The molecular formula is C19H19N3O2. The molecule has 5 heteroatoms. The Bertz CT molecular complexity index is 831. The Morgan fingerprint density at radius 3 is 2.46 bits per heavy atom. The van der Waals surface area contributed by atoms with Gasteiger partial charge in [0.1, 0.15) is 12.0 Å². The van der Waals surface area contributed by atoms with Gasteiger partial charge in [-0.3, -0.25) is 9.78 Å². The van der Waals surface area contributed by atoms with E-state index >= 15 is 0 Å². The summed E-state index contributed by atoms with van der Waals surface area (Å²) in [6.45, 7) is 6.44. The molecule has 0 bridgehead atoms. The molecule has 0 spiro atoms. The summed E-state index contributed by atoms with van der Waals surface area (Å²) in [4.78, 5) is 20.6. The zero-order valence-corrected chi connectivity index (χ0v) is 13.9. The van der Waals surface area contributed by atoms with Crippen molar-refractivity contribution in [3.8, 4) is 11.6 Å². The summed E-state index contributed by atoms with van der Waals surface area (Å²) in [6.07, 6.45) is 2.99. The van der Waals surface area contributed by atoms with E-state index in [4.69, 9.17) is 4.42 Å². The lowest BCUT2D eigenvalue weighted by atomic mass is 9.87. The van der Waals surface area contributed by atoms with E-state index in [0.717, 1.165) is 5.69 Å². The molecule has 0 saturated carbocycles. The molecule has 0 unspecified atom stereocenters. The number of pyridine rings is 1. The fraction of sp³-hybridized carbons (Fsp3) is 0.211. The van der Waals surface area contributed by atoms with Crippen molar-refractivity contribution in [2.45, 2.75) is 26.2 Å². The van der Waals surface area contributed by atoms with Crippen LogP contribution in [-0.4, -0.2) is 15.9 Å². The SMILES string of the molecule is CC(C)(C)c1ccc(NC(=O)c2coc(-c3ccccn3)n2)cc1. The van der Waals surface area contributed by atoms with Crippen LogP contribution in [0.2, 0.25) is 0 Å². The maximum Gasteiger partial charge on any atom is 0.277 e. The summed E-state index contributed by atoms with van der Waals surface area (Å²) in [7, 11) is 0. The lowest BCUT2D eigenvalue weighted by molar-refractivity contribution is 0.102. The van der Waals surface area contributed by atoms with Crippen molar-refractivity contribution in [3.05, 3.63) is 66.2 Å². The summed E-state index contributed by atoms with van der Waals surface area (Å²) in [5.74, 6) is 0.00766. The monoisotopic (exact) mass is 321 g/mol. The normalized spacial score (nSPS) is 11.3. The van der Waals surface area contributed by atoms with Crippen LogP contribution in [0.3, 0.4) is 0 Å². The fourth-order valence-corrected chi connectivity index (χ4v) is 2.23. The number of oxazole rings is 1. The number of carbonyl (C=O) groups excluding carboxylic acids is 1. The minimum absolute atomic E-state index is 0.0756. The largest absolute Gasteiger partial charge is 0.442 e. The van der Waals surface area contributed by atoms with Crippen molar-refractivity contribution in [2.24, 2.45) is 0 Å². The summed E-state index contributed by atoms with van der Waals surface area (Å²) >= 11 is 0. The van der Waals surface area contributed by atoms with E-state index in [1.807, 2.05) is 30.3 Å². The van der Waals surface area contributed by atoms with E-state index in [9.17, 15) is 4.79 Å².